The lowest BCUT2D eigenvalue weighted by atomic mass is 10.1. The number of nitrogens with two attached hydrogens (primary N) is 1. The van der Waals surface area contributed by atoms with E-state index in [0.717, 1.165) is 16.8 Å². The van der Waals surface area contributed by atoms with E-state index in [9.17, 15) is 9.59 Å². The summed E-state index contributed by atoms with van der Waals surface area (Å²) >= 11 is 0. The minimum atomic E-state index is -0.332. The first-order valence-electron chi connectivity index (χ1n) is 7.74. The molecular formula is C15H25N5O2. The second-order valence-electron chi connectivity index (χ2n) is 6.14. The standard InChI is InChI=1S/C15H25N5O2/c1-6-19-13-12(14(21)18(5)15(19)22)20(10(4)8-16)11(17-13)7-9(2)3/h9-10H,6-8,16H2,1-5H3. The number of fused-ring (bicyclic) bond motifs is 1. The van der Waals surface area contributed by atoms with Crippen molar-refractivity contribution in [1.82, 2.24) is 18.7 Å². The largest absolute Gasteiger partial charge is 0.332 e. The lowest BCUT2D eigenvalue weighted by Gasteiger charge is -2.16. The number of hydrogen-bond donors (Lipinski definition) is 1. The van der Waals surface area contributed by atoms with E-state index in [0.29, 0.717) is 30.2 Å². The van der Waals surface area contributed by atoms with Gasteiger partial charge in [0, 0.05) is 32.6 Å². The number of nitrogens with zero attached hydrogens (tertiary/aromatic N) is 4. The van der Waals surface area contributed by atoms with Crippen molar-refractivity contribution in [2.24, 2.45) is 18.7 Å². The van der Waals surface area contributed by atoms with Gasteiger partial charge in [0.1, 0.15) is 5.82 Å². The molecule has 0 aliphatic rings. The summed E-state index contributed by atoms with van der Waals surface area (Å²) in [7, 11) is 1.50. The molecule has 0 aliphatic carbocycles. The third kappa shape index (κ3) is 2.49. The van der Waals surface area contributed by atoms with Crippen LogP contribution in [0.5, 0.6) is 0 Å². The molecule has 0 aliphatic heterocycles. The van der Waals surface area contributed by atoms with Crippen molar-refractivity contribution in [2.75, 3.05) is 6.54 Å². The van der Waals surface area contributed by atoms with Crippen molar-refractivity contribution in [1.29, 1.82) is 0 Å². The third-order valence-electron chi connectivity index (χ3n) is 3.94. The van der Waals surface area contributed by atoms with E-state index in [1.54, 1.807) is 4.57 Å². The second kappa shape index (κ2) is 6.08. The molecule has 22 heavy (non-hydrogen) atoms. The highest BCUT2D eigenvalue weighted by atomic mass is 16.2. The Morgan fingerprint density at radius 1 is 1.23 bits per heavy atom. The molecule has 2 aromatic heterocycles. The molecule has 0 aromatic carbocycles. The average molecular weight is 307 g/mol. The Morgan fingerprint density at radius 2 is 1.86 bits per heavy atom. The van der Waals surface area contributed by atoms with Gasteiger partial charge in [-0.05, 0) is 19.8 Å². The van der Waals surface area contributed by atoms with Gasteiger partial charge in [-0.1, -0.05) is 13.8 Å². The number of aromatic nitrogens is 4. The third-order valence-corrected chi connectivity index (χ3v) is 3.94. The Balaban J connectivity index is 2.96. The fraction of sp³-hybridized carbons (Fsp3) is 0.667. The molecule has 2 aromatic rings. The van der Waals surface area contributed by atoms with Crippen LogP contribution in [-0.2, 0) is 20.0 Å². The molecule has 1 atom stereocenters. The zero-order valence-corrected chi connectivity index (χ0v) is 14.0. The lowest BCUT2D eigenvalue weighted by Crippen LogP contribution is -2.38. The van der Waals surface area contributed by atoms with Crippen LogP contribution in [0.4, 0.5) is 0 Å². The smallest absolute Gasteiger partial charge is 0.328 e. The SMILES string of the molecule is CCn1c(=O)n(C)c(=O)c2c1nc(CC(C)C)n2C(C)CN. The highest BCUT2D eigenvalue weighted by molar-refractivity contribution is 5.71. The quantitative estimate of drug-likeness (QED) is 0.878. The van der Waals surface area contributed by atoms with E-state index in [4.69, 9.17) is 5.73 Å². The average Bonchev–Trinajstić information content (AvgIpc) is 2.83. The molecule has 2 heterocycles. The molecule has 1 unspecified atom stereocenters. The van der Waals surface area contributed by atoms with Crippen LogP contribution in [0, 0.1) is 5.92 Å². The van der Waals surface area contributed by atoms with Crippen LogP contribution in [0.2, 0.25) is 0 Å². The fourth-order valence-corrected chi connectivity index (χ4v) is 2.74. The van der Waals surface area contributed by atoms with Gasteiger partial charge >= 0.3 is 5.69 Å². The maximum atomic E-state index is 12.6. The van der Waals surface area contributed by atoms with E-state index in [1.165, 1.54) is 7.05 Å². The molecule has 0 spiro atoms. The van der Waals surface area contributed by atoms with Crippen LogP contribution < -0.4 is 17.0 Å². The lowest BCUT2D eigenvalue weighted by molar-refractivity contribution is 0.515. The van der Waals surface area contributed by atoms with Crippen LogP contribution in [0.15, 0.2) is 9.59 Å². The molecule has 122 valence electrons. The van der Waals surface area contributed by atoms with Gasteiger partial charge in [-0.3, -0.25) is 13.9 Å². The number of rotatable bonds is 5. The summed E-state index contributed by atoms with van der Waals surface area (Å²) in [5.41, 5.74) is 6.11. The van der Waals surface area contributed by atoms with Gasteiger partial charge in [-0.2, -0.15) is 0 Å². The molecule has 0 bridgehead atoms. The molecule has 0 fully saturated rings. The summed E-state index contributed by atoms with van der Waals surface area (Å²) in [6.45, 7) is 8.91. The summed E-state index contributed by atoms with van der Waals surface area (Å²) < 4.78 is 4.59. The monoisotopic (exact) mass is 307 g/mol. The maximum Gasteiger partial charge on any atom is 0.332 e. The van der Waals surface area contributed by atoms with Crippen LogP contribution in [-0.4, -0.2) is 25.2 Å². The van der Waals surface area contributed by atoms with Gasteiger partial charge in [0.05, 0.1) is 0 Å². The van der Waals surface area contributed by atoms with Crippen molar-refractivity contribution >= 4 is 11.2 Å². The first-order chi connectivity index (χ1) is 10.3. The van der Waals surface area contributed by atoms with Crippen molar-refractivity contribution < 1.29 is 0 Å². The summed E-state index contributed by atoms with van der Waals surface area (Å²) in [6, 6.07) is -0.0470. The molecule has 2 N–H and O–H groups in total. The summed E-state index contributed by atoms with van der Waals surface area (Å²) in [6.07, 6.45) is 0.736. The van der Waals surface area contributed by atoms with Crippen molar-refractivity contribution in [3.8, 4) is 0 Å². The molecule has 2 rings (SSSR count). The Morgan fingerprint density at radius 3 is 2.36 bits per heavy atom. The zero-order chi connectivity index (χ0) is 16.6. The van der Waals surface area contributed by atoms with Gasteiger partial charge in [0.2, 0.25) is 0 Å². The van der Waals surface area contributed by atoms with Crippen LogP contribution in [0.1, 0.15) is 39.6 Å². The van der Waals surface area contributed by atoms with E-state index in [-0.39, 0.29) is 17.3 Å². The van der Waals surface area contributed by atoms with Crippen molar-refractivity contribution in [2.45, 2.75) is 46.7 Å². The van der Waals surface area contributed by atoms with E-state index < -0.39 is 0 Å². The van der Waals surface area contributed by atoms with Crippen LogP contribution in [0.3, 0.4) is 0 Å². The molecule has 0 saturated heterocycles. The predicted octanol–water partition coefficient (Wildman–Crippen LogP) is 0.635. The van der Waals surface area contributed by atoms with Gasteiger partial charge < -0.3 is 10.3 Å². The van der Waals surface area contributed by atoms with E-state index in [2.05, 4.69) is 18.8 Å². The summed E-state index contributed by atoms with van der Waals surface area (Å²) in [5.74, 6) is 1.21. The Kier molecular flexibility index (Phi) is 4.55. The zero-order valence-electron chi connectivity index (χ0n) is 14.0. The molecule has 0 saturated carbocycles. The highest BCUT2D eigenvalue weighted by Crippen LogP contribution is 2.19. The first kappa shape index (κ1) is 16.5. The second-order valence-corrected chi connectivity index (χ2v) is 6.14. The van der Waals surface area contributed by atoms with Gasteiger partial charge in [0.25, 0.3) is 5.56 Å². The Hall–Kier alpha value is -1.89. The number of hydrogen-bond acceptors (Lipinski definition) is 4. The summed E-state index contributed by atoms with van der Waals surface area (Å²) in [5, 5.41) is 0. The van der Waals surface area contributed by atoms with E-state index in [1.807, 2.05) is 18.4 Å². The summed E-state index contributed by atoms with van der Waals surface area (Å²) in [4.78, 5) is 29.5. The van der Waals surface area contributed by atoms with Crippen LogP contribution >= 0.6 is 0 Å². The Labute approximate surface area is 129 Å². The number of aryl methyl sites for hydroxylation is 1. The van der Waals surface area contributed by atoms with Gasteiger partial charge in [-0.25, -0.2) is 9.78 Å². The van der Waals surface area contributed by atoms with Gasteiger partial charge in [0.15, 0.2) is 11.2 Å². The molecular weight excluding hydrogens is 282 g/mol. The highest BCUT2D eigenvalue weighted by Gasteiger charge is 2.22. The van der Waals surface area contributed by atoms with E-state index >= 15 is 0 Å². The fourth-order valence-electron chi connectivity index (χ4n) is 2.74. The molecule has 0 radical (unpaired) electrons. The Bertz CT molecular complexity index is 797. The maximum absolute atomic E-state index is 12.6. The van der Waals surface area contributed by atoms with Gasteiger partial charge in [-0.15, -0.1) is 0 Å². The molecule has 0 amide bonds. The predicted molar refractivity (Wildman–Crippen MR) is 87.2 cm³/mol. The topological polar surface area (TPSA) is 87.8 Å². The minimum absolute atomic E-state index is 0.0470. The van der Waals surface area contributed by atoms with Crippen LogP contribution in [0.25, 0.3) is 11.2 Å². The minimum Gasteiger partial charge on any atom is -0.328 e. The molecule has 7 nitrogen and oxygen atoms in total. The normalized spacial score (nSPS) is 13.2. The van der Waals surface area contributed by atoms with Crippen molar-refractivity contribution in [3.05, 3.63) is 26.7 Å². The molecule has 7 heteroatoms. The van der Waals surface area contributed by atoms with Crippen molar-refractivity contribution in [3.63, 3.8) is 0 Å². The number of imidazole rings is 1. The first-order valence-corrected chi connectivity index (χ1v) is 7.74.